The number of fused-ring (bicyclic) bond motifs is 1. The van der Waals surface area contributed by atoms with E-state index in [9.17, 15) is 5.11 Å². The summed E-state index contributed by atoms with van der Waals surface area (Å²) < 4.78 is 2.29. The van der Waals surface area contributed by atoms with E-state index in [-0.39, 0.29) is 22.0 Å². The van der Waals surface area contributed by atoms with E-state index in [0.29, 0.717) is 11.4 Å². The van der Waals surface area contributed by atoms with Gasteiger partial charge < -0.3 is 5.11 Å². The third kappa shape index (κ3) is 9.35. The van der Waals surface area contributed by atoms with Crippen LogP contribution in [0.3, 0.4) is 0 Å². The summed E-state index contributed by atoms with van der Waals surface area (Å²) in [5.41, 5.74) is 20.3. The highest BCUT2D eigenvalue weighted by Gasteiger charge is 2.29. The summed E-state index contributed by atoms with van der Waals surface area (Å²) in [6, 6.07) is 67.5. The highest BCUT2D eigenvalue weighted by molar-refractivity contribution is 5.98. The molecule has 10 aromatic rings. The second-order valence-corrected chi connectivity index (χ2v) is 22.3. The van der Waals surface area contributed by atoms with Crippen LogP contribution in [0.5, 0.6) is 5.75 Å². The maximum Gasteiger partial charge on any atom is 0.149 e. The summed E-state index contributed by atoms with van der Waals surface area (Å²) >= 11 is 0. The van der Waals surface area contributed by atoms with E-state index in [1.54, 1.807) is 0 Å². The molecule has 0 aliphatic rings. The minimum atomic E-state index is -0.336. The number of aryl methyl sites for hydroxylation is 1. The molecule has 0 atom stereocenters. The van der Waals surface area contributed by atoms with Crippen molar-refractivity contribution in [2.75, 3.05) is 0 Å². The second-order valence-electron chi connectivity index (χ2n) is 22.3. The SMILES string of the molecule is Cc1ccc(-n2c(-c3cc(C(C)(C)C)cc(C(C)(C)C)c3O)nc3c(-c4cc(-c5ccccc5)cc(-c5cc(-c6ccc(-c7ccccc7)cc6)ccn5)c4)cccc32)c(-c2ccc(C(C)(C)C)cc2)c1. The summed E-state index contributed by atoms with van der Waals surface area (Å²) in [6.45, 7) is 22.1. The number of benzene rings is 8. The highest BCUT2D eigenvalue weighted by Crippen LogP contribution is 2.46. The van der Waals surface area contributed by atoms with E-state index in [4.69, 9.17) is 9.97 Å². The van der Waals surface area contributed by atoms with Crippen LogP contribution < -0.4 is 0 Å². The Morgan fingerprint density at radius 3 is 1.62 bits per heavy atom. The van der Waals surface area contributed by atoms with Gasteiger partial charge in [0.2, 0.25) is 0 Å². The number of phenolic OH excluding ortho intramolecular Hbond substituents is 1. The molecule has 71 heavy (non-hydrogen) atoms. The lowest BCUT2D eigenvalue weighted by Gasteiger charge is -2.27. The number of para-hydroxylation sites is 1. The first-order chi connectivity index (χ1) is 33.9. The van der Waals surface area contributed by atoms with E-state index in [1.165, 1.54) is 16.7 Å². The first kappa shape index (κ1) is 46.9. The van der Waals surface area contributed by atoms with Crippen molar-refractivity contribution in [2.45, 2.75) is 85.5 Å². The van der Waals surface area contributed by atoms with Crippen LogP contribution in [0.1, 0.15) is 84.6 Å². The van der Waals surface area contributed by atoms with Crippen molar-refractivity contribution in [1.82, 2.24) is 14.5 Å². The Morgan fingerprint density at radius 2 is 0.986 bits per heavy atom. The third-order valence-electron chi connectivity index (χ3n) is 13.9. The monoisotopic (exact) mass is 925 g/mol. The Hall–Kier alpha value is -7.82. The lowest BCUT2D eigenvalue weighted by molar-refractivity contribution is 0.446. The van der Waals surface area contributed by atoms with Crippen molar-refractivity contribution >= 4 is 11.0 Å². The molecule has 4 nitrogen and oxygen atoms in total. The molecule has 352 valence electrons. The van der Waals surface area contributed by atoms with Crippen LogP contribution in [0, 0.1) is 6.92 Å². The lowest BCUT2D eigenvalue weighted by atomic mass is 9.79. The average molecular weight is 926 g/mol. The van der Waals surface area contributed by atoms with Crippen LogP contribution in [0.4, 0.5) is 0 Å². The normalized spacial score (nSPS) is 12.1. The third-order valence-corrected chi connectivity index (χ3v) is 13.9. The van der Waals surface area contributed by atoms with Gasteiger partial charge in [-0.2, -0.15) is 0 Å². The number of hydrogen-bond donors (Lipinski definition) is 1. The number of phenols is 1. The van der Waals surface area contributed by atoms with Gasteiger partial charge in [0.25, 0.3) is 0 Å². The molecule has 0 aliphatic heterocycles. The molecule has 1 N–H and O–H groups in total. The number of imidazole rings is 1. The minimum absolute atomic E-state index is 0.0179. The van der Waals surface area contributed by atoms with Crippen LogP contribution in [0.2, 0.25) is 0 Å². The Balaban J connectivity index is 1.21. The van der Waals surface area contributed by atoms with Crippen LogP contribution in [-0.2, 0) is 16.2 Å². The number of hydrogen-bond acceptors (Lipinski definition) is 3. The lowest BCUT2D eigenvalue weighted by Crippen LogP contribution is -2.17. The summed E-state index contributed by atoms with van der Waals surface area (Å²) in [7, 11) is 0. The molecule has 0 saturated heterocycles. The highest BCUT2D eigenvalue weighted by atomic mass is 16.3. The van der Waals surface area contributed by atoms with Gasteiger partial charge in [0.15, 0.2) is 0 Å². The number of nitrogens with zero attached hydrogens (tertiary/aromatic N) is 3. The second kappa shape index (κ2) is 18.2. The van der Waals surface area contributed by atoms with Crippen molar-refractivity contribution in [2.24, 2.45) is 0 Å². The van der Waals surface area contributed by atoms with Crippen LogP contribution in [0.25, 0.3) is 95.0 Å². The Morgan fingerprint density at radius 1 is 0.408 bits per heavy atom. The van der Waals surface area contributed by atoms with Crippen LogP contribution in [0.15, 0.2) is 194 Å². The molecule has 0 bridgehead atoms. The minimum Gasteiger partial charge on any atom is -0.507 e. The molecule has 10 rings (SSSR count). The van der Waals surface area contributed by atoms with Crippen molar-refractivity contribution < 1.29 is 5.11 Å². The zero-order chi connectivity index (χ0) is 49.8. The van der Waals surface area contributed by atoms with Gasteiger partial charge in [-0.3, -0.25) is 9.55 Å². The summed E-state index contributed by atoms with van der Waals surface area (Å²) in [4.78, 5) is 10.7. The van der Waals surface area contributed by atoms with Crippen LogP contribution >= 0.6 is 0 Å². The fourth-order valence-electron chi connectivity index (χ4n) is 9.77. The Bertz CT molecular complexity index is 3560. The van der Waals surface area contributed by atoms with Gasteiger partial charge in [0.05, 0.1) is 28.0 Å². The zero-order valence-corrected chi connectivity index (χ0v) is 42.8. The summed E-state index contributed by atoms with van der Waals surface area (Å²) in [5, 5.41) is 12.6. The maximum absolute atomic E-state index is 12.6. The fraction of sp³-hybridized carbons (Fsp3) is 0.194. The van der Waals surface area contributed by atoms with E-state index in [1.807, 2.05) is 6.20 Å². The van der Waals surface area contributed by atoms with E-state index >= 15 is 0 Å². The van der Waals surface area contributed by atoms with E-state index in [0.717, 1.165) is 89.2 Å². The predicted octanol–water partition coefficient (Wildman–Crippen LogP) is 18.0. The van der Waals surface area contributed by atoms with Crippen molar-refractivity contribution in [3.8, 4) is 89.7 Å². The van der Waals surface area contributed by atoms with Gasteiger partial charge in [-0.25, -0.2) is 4.98 Å². The zero-order valence-electron chi connectivity index (χ0n) is 42.8. The quantitative estimate of drug-likeness (QED) is 0.165. The molecule has 2 heterocycles. The number of aromatic nitrogens is 3. The first-order valence-electron chi connectivity index (χ1n) is 24.9. The molecule has 4 heteroatoms. The molecule has 0 radical (unpaired) electrons. The van der Waals surface area contributed by atoms with Gasteiger partial charge >= 0.3 is 0 Å². The number of aromatic hydroxyl groups is 1. The van der Waals surface area contributed by atoms with Gasteiger partial charge in [0.1, 0.15) is 11.6 Å². The molecular formula is C67H63N3O. The van der Waals surface area contributed by atoms with Gasteiger partial charge in [-0.1, -0.05) is 201 Å². The van der Waals surface area contributed by atoms with Crippen LogP contribution in [-0.4, -0.2) is 19.6 Å². The average Bonchev–Trinajstić information content (AvgIpc) is 3.75. The van der Waals surface area contributed by atoms with E-state index < -0.39 is 0 Å². The summed E-state index contributed by atoms with van der Waals surface area (Å²) in [5.74, 6) is 0.936. The molecular weight excluding hydrogens is 863 g/mol. The van der Waals surface area contributed by atoms with Gasteiger partial charge in [-0.15, -0.1) is 0 Å². The fourth-order valence-corrected chi connectivity index (χ4v) is 9.77. The molecule has 0 fully saturated rings. The molecule has 0 aliphatic carbocycles. The Kier molecular flexibility index (Phi) is 12.0. The molecule has 0 spiro atoms. The van der Waals surface area contributed by atoms with Crippen molar-refractivity contribution in [3.05, 3.63) is 217 Å². The molecule has 0 saturated carbocycles. The Labute approximate surface area is 420 Å². The molecule has 0 amide bonds. The number of rotatable bonds is 8. The maximum atomic E-state index is 12.6. The molecule has 8 aromatic carbocycles. The topological polar surface area (TPSA) is 50.9 Å². The summed E-state index contributed by atoms with van der Waals surface area (Å²) in [6.07, 6.45) is 1.92. The standard InChI is InChI=1S/C67H63N3O/c1-43-24-33-60(56(36-43)48-29-31-53(32-30-48)65(2,3)4)70-61-23-17-22-55(62(61)69-64(70)57-41-54(66(5,6)7)42-58(63(57)71)67(8,9)10)51-37-50(45-20-15-12-16-21-45)38-52(39-51)59-40-49(34-35-68-59)47-27-25-46(26-28-47)44-18-13-11-14-19-44/h11-42,71H,1-10H3. The smallest absolute Gasteiger partial charge is 0.149 e. The van der Waals surface area contributed by atoms with E-state index in [2.05, 4.69) is 262 Å². The first-order valence-corrected chi connectivity index (χ1v) is 24.9. The largest absolute Gasteiger partial charge is 0.507 e. The number of pyridine rings is 1. The van der Waals surface area contributed by atoms with Crippen molar-refractivity contribution in [3.63, 3.8) is 0 Å². The molecule has 2 aromatic heterocycles. The van der Waals surface area contributed by atoms with Crippen molar-refractivity contribution in [1.29, 1.82) is 0 Å². The van der Waals surface area contributed by atoms with Gasteiger partial charge in [0, 0.05) is 28.5 Å². The van der Waals surface area contributed by atoms with Gasteiger partial charge in [-0.05, 0) is 133 Å². The predicted molar refractivity (Wildman–Crippen MR) is 299 cm³/mol. The molecule has 0 unspecified atom stereocenters.